The van der Waals surface area contributed by atoms with Crippen molar-refractivity contribution in [3.63, 3.8) is 0 Å². The van der Waals surface area contributed by atoms with Gasteiger partial charge in [0.15, 0.2) is 0 Å². The Morgan fingerprint density at radius 2 is 1.89 bits per heavy atom. The highest BCUT2D eigenvalue weighted by Crippen LogP contribution is 2.17. The van der Waals surface area contributed by atoms with Crippen molar-refractivity contribution in [3.05, 3.63) is 29.8 Å². The molecule has 0 bridgehead atoms. The van der Waals surface area contributed by atoms with Crippen LogP contribution in [0.3, 0.4) is 0 Å². The van der Waals surface area contributed by atoms with Gasteiger partial charge in [0, 0.05) is 12.1 Å². The molecule has 0 aliphatic carbocycles. The molecular weight excluding hydrogens is 262 g/mol. The molecule has 0 heterocycles. The molecule has 1 aromatic rings. The van der Waals surface area contributed by atoms with Gasteiger partial charge in [-0.3, -0.25) is 0 Å². The van der Waals surface area contributed by atoms with Crippen LogP contribution in [0, 0.1) is 17.3 Å². The van der Waals surface area contributed by atoms with E-state index in [2.05, 4.69) is 16.6 Å². The van der Waals surface area contributed by atoms with Crippen LogP contribution >= 0.6 is 0 Å². The minimum Gasteiger partial charge on any atom is -0.384 e. The topological polar surface area (TPSA) is 66.4 Å². The van der Waals surface area contributed by atoms with E-state index in [1.54, 1.807) is 18.2 Å². The minimum absolute atomic E-state index is 0.139. The first-order valence-electron chi connectivity index (χ1n) is 5.95. The fourth-order valence-electron chi connectivity index (χ4n) is 1.33. The lowest BCUT2D eigenvalue weighted by molar-refractivity contribution is 0.350. The van der Waals surface area contributed by atoms with Crippen molar-refractivity contribution in [1.82, 2.24) is 4.72 Å². The monoisotopic (exact) mass is 281 g/mol. The number of aliphatic hydroxyl groups is 1. The van der Waals surface area contributed by atoms with Crippen LogP contribution in [0.5, 0.6) is 0 Å². The molecule has 1 rings (SSSR count). The smallest absolute Gasteiger partial charge is 0.241 e. The van der Waals surface area contributed by atoms with E-state index in [0.29, 0.717) is 12.1 Å². The van der Waals surface area contributed by atoms with Gasteiger partial charge in [0.05, 0.1) is 4.90 Å². The lowest BCUT2D eigenvalue weighted by Gasteiger charge is -2.19. The molecule has 0 aliphatic heterocycles. The van der Waals surface area contributed by atoms with Gasteiger partial charge in [-0.25, -0.2) is 13.1 Å². The first-order chi connectivity index (χ1) is 8.76. The molecule has 19 heavy (non-hydrogen) atoms. The predicted molar refractivity (Wildman–Crippen MR) is 75.0 cm³/mol. The summed E-state index contributed by atoms with van der Waals surface area (Å²) in [6.45, 7) is 5.90. The summed E-state index contributed by atoms with van der Waals surface area (Å²) in [4.78, 5) is 0.139. The van der Waals surface area contributed by atoms with Gasteiger partial charge < -0.3 is 5.11 Å². The number of hydrogen-bond acceptors (Lipinski definition) is 3. The van der Waals surface area contributed by atoms with Crippen LogP contribution in [0.15, 0.2) is 29.2 Å². The van der Waals surface area contributed by atoms with Crippen LogP contribution < -0.4 is 4.72 Å². The molecule has 4 nitrogen and oxygen atoms in total. The summed E-state index contributed by atoms with van der Waals surface area (Å²) in [5.41, 5.74) is 0.247. The Morgan fingerprint density at radius 1 is 1.26 bits per heavy atom. The largest absolute Gasteiger partial charge is 0.384 e. The Kier molecular flexibility index (Phi) is 5.12. The molecule has 0 unspecified atom stereocenters. The number of nitrogens with one attached hydrogen (secondary N) is 1. The number of hydrogen-bond donors (Lipinski definition) is 2. The van der Waals surface area contributed by atoms with Gasteiger partial charge in [-0.2, -0.15) is 0 Å². The van der Waals surface area contributed by atoms with Crippen molar-refractivity contribution in [2.24, 2.45) is 5.41 Å². The number of rotatable bonds is 3. The Balaban J connectivity index is 3.08. The van der Waals surface area contributed by atoms with E-state index in [4.69, 9.17) is 5.11 Å². The third-order valence-electron chi connectivity index (χ3n) is 2.27. The normalized spacial score (nSPS) is 11.8. The molecule has 0 atom stereocenters. The summed E-state index contributed by atoms with van der Waals surface area (Å²) in [6, 6.07) is 6.49. The Bertz CT molecular complexity index is 589. The summed E-state index contributed by atoms with van der Waals surface area (Å²) in [7, 11) is -3.59. The first kappa shape index (κ1) is 15.7. The lowest BCUT2D eigenvalue weighted by atomic mass is 9.98. The standard InChI is InChI=1S/C14H19NO3S/c1-14(2,3)11-15-19(17,18)13-9-5-4-7-12(13)8-6-10-16/h4-5,7,9,15-16H,10-11H2,1-3H3. The number of sulfonamides is 1. The molecule has 2 N–H and O–H groups in total. The number of benzene rings is 1. The molecule has 1 aromatic carbocycles. The molecule has 104 valence electrons. The van der Waals surface area contributed by atoms with Crippen LogP contribution in [0.2, 0.25) is 0 Å². The molecule has 0 saturated carbocycles. The van der Waals surface area contributed by atoms with Crippen molar-refractivity contribution in [2.75, 3.05) is 13.2 Å². The third-order valence-corrected chi connectivity index (χ3v) is 3.73. The predicted octanol–water partition coefficient (Wildman–Crippen LogP) is 1.35. The maximum absolute atomic E-state index is 12.2. The van der Waals surface area contributed by atoms with Crippen LogP contribution in [-0.2, 0) is 10.0 Å². The van der Waals surface area contributed by atoms with Crippen LogP contribution in [-0.4, -0.2) is 26.7 Å². The average molecular weight is 281 g/mol. The molecular formula is C14H19NO3S. The van der Waals surface area contributed by atoms with Crippen molar-refractivity contribution < 1.29 is 13.5 Å². The van der Waals surface area contributed by atoms with E-state index in [1.165, 1.54) is 6.07 Å². The quantitative estimate of drug-likeness (QED) is 0.822. The fraction of sp³-hybridized carbons (Fsp3) is 0.429. The molecule has 0 saturated heterocycles. The second kappa shape index (κ2) is 6.20. The van der Waals surface area contributed by atoms with E-state index in [1.807, 2.05) is 20.8 Å². The van der Waals surface area contributed by atoms with Gasteiger partial charge in [-0.15, -0.1) is 0 Å². The van der Waals surface area contributed by atoms with Gasteiger partial charge in [-0.1, -0.05) is 44.7 Å². The summed E-state index contributed by atoms with van der Waals surface area (Å²) in [5, 5.41) is 8.69. The Morgan fingerprint density at radius 3 is 2.47 bits per heavy atom. The third kappa shape index (κ3) is 5.03. The highest BCUT2D eigenvalue weighted by Gasteiger charge is 2.20. The summed E-state index contributed by atoms with van der Waals surface area (Å²) < 4.78 is 27.0. The zero-order valence-electron chi connectivity index (χ0n) is 11.4. The Labute approximate surface area is 114 Å². The zero-order valence-corrected chi connectivity index (χ0v) is 12.2. The van der Waals surface area contributed by atoms with Crippen molar-refractivity contribution in [3.8, 4) is 11.8 Å². The second-order valence-electron chi connectivity index (χ2n) is 5.34. The van der Waals surface area contributed by atoms with Crippen molar-refractivity contribution in [1.29, 1.82) is 0 Å². The van der Waals surface area contributed by atoms with Gasteiger partial charge in [0.2, 0.25) is 10.0 Å². The highest BCUT2D eigenvalue weighted by atomic mass is 32.2. The van der Waals surface area contributed by atoms with Gasteiger partial charge >= 0.3 is 0 Å². The molecule has 0 fully saturated rings. The minimum atomic E-state index is -3.59. The summed E-state index contributed by atoms with van der Waals surface area (Å²) in [6.07, 6.45) is 0. The number of aliphatic hydroxyl groups excluding tert-OH is 1. The molecule has 5 heteroatoms. The molecule has 0 radical (unpaired) electrons. The second-order valence-corrected chi connectivity index (χ2v) is 7.08. The van der Waals surface area contributed by atoms with Gasteiger partial charge in [0.1, 0.15) is 6.61 Å². The lowest BCUT2D eigenvalue weighted by Crippen LogP contribution is -2.32. The van der Waals surface area contributed by atoms with E-state index >= 15 is 0 Å². The first-order valence-corrected chi connectivity index (χ1v) is 7.43. The Hall–Kier alpha value is -1.35. The molecule has 0 aromatic heterocycles. The van der Waals surface area contributed by atoms with E-state index in [-0.39, 0.29) is 16.9 Å². The maximum atomic E-state index is 12.2. The SMILES string of the molecule is CC(C)(C)CNS(=O)(=O)c1ccccc1C#CCO. The van der Waals surface area contributed by atoms with Gasteiger partial charge in [0.25, 0.3) is 0 Å². The fourth-order valence-corrected chi connectivity index (χ4v) is 2.77. The molecule has 0 spiro atoms. The van der Waals surface area contributed by atoms with Gasteiger partial charge in [-0.05, 0) is 17.5 Å². The highest BCUT2D eigenvalue weighted by molar-refractivity contribution is 7.89. The summed E-state index contributed by atoms with van der Waals surface area (Å²) in [5.74, 6) is 5.11. The molecule has 0 aliphatic rings. The van der Waals surface area contributed by atoms with E-state index < -0.39 is 10.0 Å². The van der Waals surface area contributed by atoms with Crippen molar-refractivity contribution >= 4 is 10.0 Å². The maximum Gasteiger partial charge on any atom is 0.241 e. The zero-order chi connectivity index (χ0) is 14.5. The molecule has 0 amide bonds. The van der Waals surface area contributed by atoms with Crippen LogP contribution in [0.1, 0.15) is 26.3 Å². The summed E-state index contributed by atoms with van der Waals surface area (Å²) >= 11 is 0. The van der Waals surface area contributed by atoms with Crippen molar-refractivity contribution in [2.45, 2.75) is 25.7 Å². The van der Waals surface area contributed by atoms with Crippen LogP contribution in [0.25, 0.3) is 0 Å². The van der Waals surface area contributed by atoms with Crippen LogP contribution in [0.4, 0.5) is 0 Å². The van der Waals surface area contributed by atoms with E-state index in [9.17, 15) is 8.42 Å². The average Bonchev–Trinajstić information content (AvgIpc) is 2.34. The van der Waals surface area contributed by atoms with E-state index in [0.717, 1.165) is 0 Å².